The van der Waals surface area contributed by atoms with Crippen LogP contribution < -0.4 is 5.32 Å². The Hall–Kier alpha value is -1.26. The molecule has 2 rings (SSSR count). The second-order valence-corrected chi connectivity index (χ2v) is 6.79. The summed E-state index contributed by atoms with van der Waals surface area (Å²) < 4.78 is 5.44. The van der Waals surface area contributed by atoms with Gasteiger partial charge in [-0.1, -0.05) is 29.8 Å². The second-order valence-electron chi connectivity index (χ2n) is 6.41. The number of piperazine rings is 1. The first-order chi connectivity index (χ1) is 9.78. The molecular formula is C16H23ClN2O2. The molecule has 1 N–H and O–H groups in total. The molecule has 5 heteroatoms. The summed E-state index contributed by atoms with van der Waals surface area (Å²) in [5.41, 5.74) is 1.61. The van der Waals surface area contributed by atoms with E-state index in [-0.39, 0.29) is 12.1 Å². The normalized spacial score (nSPS) is 19.5. The number of nitrogens with one attached hydrogen (secondary N) is 1. The maximum Gasteiger partial charge on any atom is 0.410 e. The lowest BCUT2D eigenvalue weighted by atomic mass is 10.0. The van der Waals surface area contributed by atoms with Crippen LogP contribution in [-0.4, -0.2) is 36.2 Å². The zero-order valence-electron chi connectivity index (χ0n) is 13.1. The van der Waals surface area contributed by atoms with E-state index in [4.69, 9.17) is 16.3 Å². The monoisotopic (exact) mass is 310 g/mol. The molecule has 21 heavy (non-hydrogen) atoms. The van der Waals surface area contributed by atoms with Gasteiger partial charge in [0, 0.05) is 24.7 Å². The van der Waals surface area contributed by atoms with Crippen molar-refractivity contribution in [2.24, 2.45) is 0 Å². The summed E-state index contributed by atoms with van der Waals surface area (Å²) in [7, 11) is 0. The number of hydrogen-bond donors (Lipinski definition) is 1. The Morgan fingerprint density at radius 1 is 1.43 bits per heavy atom. The minimum atomic E-state index is -0.474. The Balaban J connectivity index is 2.10. The number of hydrogen-bond acceptors (Lipinski definition) is 3. The number of carbonyl (C=O) groups excluding carboxylic acids is 1. The minimum absolute atomic E-state index is 0.0404. The molecule has 1 heterocycles. The Bertz CT molecular complexity index is 525. The first-order valence-corrected chi connectivity index (χ1v) is 7.62. The number of halogens is 1. The first kappa shape index (κ1) is 16.1. The van der Waals surface area contributed by atoms with Gasteiger partial charge in [-0.2, -0.15) is 0 Å². The number of aryl methyl sites for hydroxylation is 1. The van der Waals surface area contributed by atoms with Gasteiger partial charge in [-0.05, 0) is 38.8 Å². The lowest BCUT2D eigenvalue weighted by Crippen LogP contribution is -2.49. The quantitative estimate of drug-likeness (QED) is 0.863. The fourth-order valence-electron chi connectivity index (χ4n) is 2.39. The summed E-state index contributed by atoms with van der Waals surface area (Å²) in [6.07, 6.45) is -0.266. The van der Waals surface area contributed by atoms with Crippen LogP contribution >= 0.6 is 11.6 Å². The number of ether oxygens (including phenoxy) is 1. The highest BCUT2D eigenvalue weighted by atomic mass is 35.5. The molecule has 1 amide bonds. The van der Waals surface area contributed by atoms with Gasteiger partial charge < -0.3 is 15.0 Å². The Morgan fingerprint density at radius 3 is 2.81 bits per heavy atom. The van der Waals surface area contributed by atoms with E-state index in [0.29, 0.717) is 13.1 Å². The molecule has 1 fully saturated rings. The smallest absolute Gasteiger partial charge is 0.410 e. The summed E-state index contributed by atoms with van der Waals surface area (Å²) in [4.78, 5) is 13.9. The molecule has 1 aromatic carbocycles. The van der Waals surface area contributed by atoms with E-state index in [9.17, 15) is 4.79 Å². The molecule has 4 nitrogen and oxygen atoms in total. The molecule has 1 unspecified atom stereocenters. The lowest BCUT2D eigenvalue weighted by Gasteiger charge is -2.35. The van der Waals surface area contributed by atoms with E-state index < -0.39 is 5.60 Å². The molecule has 1 aliphatic rings. The number of rotatable bonds is 1. The van der Waals surface area contributed by atoms with Crippen molar-refractivity contribution >= 4 is 17.7 Å². The van der Waals surface area contributed by atoms with Crippen LogP contribution in [0.4, 0.5) is 4.79 Å². The topological polar surface area (TPSA) is 41.6 Å². The molecule has 0 saturated carbocycles. The molecule has 0 aromatic heterocycles. The standard InChI is InChI=1S/C16H23ClN2O2/c1-11-6-5-7-12(14(11)17)13-10-19(9-8-18-13)15(20)21-16(2,3)4/h5-7,13,18H,8-10H2,1-4H3. The van der Waals surface area contributed by atoms with Crippen LogP contribution in [0.25, 0.3) is 0 Å². The van der Waals surface area contributed by atoms with Crippen molar-refractivity contribution in [2.75, 3.05) is 19.6 Å². The van der Waals surface area contributed by atoms with Crippen molar-refractivity contribution in [2.45, 2.75) is 39.3 Å². The Labute approximate surface area is 131 Å². The molecule has 0 spiro atoms. The van der Waals surface area contributed by atoms with Crippen LogP contribution in [0.5, 0.6) is 0 Å². The van der Waals surface area contributed by atoms with E-state index in [0.717, 1.165) is 22.7 Å². The third-order valence-electron chi connectivity index (χ3n) is 3.42. The van der Waals surface area contributed by atoms with E-state index in [1.54, 1.807) is 4.90 Å². The van der Waals surface area contributed by atoms with Crippen LogP contribution in [0.15, 0.2) is 18.2 Å². The number of carbonyl (C=O) groups is 1. The van der Waals surface area contributed by atoms with E-state index in [2.05, 4.69) is 5.32 Å². The molecule has 1 atom stereocenters. The average Bonchev–Trinajstić information content (AvgIpc) is 2.40. The molecule has 0 bridgehead atoms. The fourth-order valence-corrected chi connectivity index (χ4v) is 2.65. The van der Waals surface area contributed by atoms with Crippen molar-refractivity contribution in [1.29, 1.82) is 0 Å². The molecular weight excluding hydrogens is 288 g/mol. The molecule has 1 aliphatic heterocycles. The average molecular weight is 311 g/mol. The van der Waals surface area contributed by atoms with Crippen LogP contribution in [0.2, 0.25) is 5.02 Å². The van der Waals surface area contributed by atoms with Gasteiger partial charge in [0.25, 0.3) is 0 Å². The maximum atomic E-state index is 12.2. The lowest BCUT2D eigenvalue weighted by molar-refractivity contribution is 0.0195. The first-order valence-electron chi connectivity index (χ1n) is 7.24. The zero-order chi connectivity index (χ0) is 15.6. The van der Waals surface area contributed by atoms with Gasteiger partial charge in [-0.25, -0.2) is 4.79 Å². The van der Waals surface area contributed by atoms with Gasteiger partial charge in [-0.15, -0.1) is 0 Å². The largest absolute Gasteiger partial charge is 0.444 e. The molecule has 1 aromatic rings. The molecule has 116 valence electrons. The summed E-state index contributed by atoms with van der Waals surface area (Å²) in [6.45, 7) is 9.56. The highest BCUT2D eigenvalue weighted by molar-refractivity contribution is 6.32. The van der Waals surface area contributed by atoms with Gasteiger partial charge >= 0.3 is 6.09 Å². The molecule has 0 radical (unpaired) electrons. The SMILES string of the molecule is Cc1cccc(C2CN(C(=O)OC(C)(C)C)CCN2)c1Cl. The van der Waals surface area contributed by atoms with Crippen molar-refractivity contribution in [1.82, 2.24) is 10.2 Å². The van der Waals surface area contributed by atoms with Crippen LogP contribution in [0.3, 0.4) is 0 Å². The number of benzene rings is 1. The summed E-state index contributed by atoms with van der Waals surface area (Å²) >= 11 is 6.39. The minimum Gasteiger partial charge on any atom is -0.444 e. The van der Waals surface area contributed by atoms with E-state index in [1.165, 1.54) is 0 Å². The molecule has 0 aliphatic carbocycles. The van der Waals surface area contributed by atoms with Crippen LogP contribution in [0, 0.1) is 6.92 Å². The van der Waals surface area contributed by atoms with Crippen LogP contribution in [0.1, 0.15) is 37.9 Å². The molecule has 1 saturated heterocycles. The van der Waals surface area contributed by atoms with Gasteiger partial charge in [0.05, 0.1) is 6.04 Å². The van der Waals surface area contributed by atoms with Crippen molar-refractivity contribution in [3.8, 4) is 0 Å². The fraction of sp³-hybridized carbons (Fsp3) is 0.562. The second kappa shape index (κ2) is 6.24. The summed E-state index contributed by atoms with van der Waals surface area (Å²) in [5, 5.41) is 4.18. The van der Waals surface area contributed by atoms with Gasteiger partial charge in [0.2, 0.25) is 0 Å². The number of nitrogens with zero attached hydrogens (tertiary/aromatic N) is 1. The third kappa shape index (κ3) is 4.11. The summed E-state index contributed by atoms with van der Waals surface area (Å²) in [5.74, 6) is 0. The highest BCUT2D eigenvalue weighted by Gasteiger charge is 2.29. The number of amides is 1. The van der Waals surface area contributed by atoms with Crippen molar-refractivity contribution < 1.29 is 9.53 Å². The predicted molar refractivity (Wildman–Crippen MR) is 84.7 cm³/mol. The van der Waals surface area contributed by atoms with Crippen molar-refractivity contribution in [3.63, 3.8) is 0 Å². The predicted octanol–water partition coefficient (Wildman–Crippen LogP) is 3.53. The van der Waals surface area contributed by atoms with E-state index in [1.807, 2.05) is 45.9 Å². The Morgan fingerprint density at radius 2 is 2.14 bits per heavy atom. The highest BCUT2D eigenvalue weighted by Crippen LogP contribution is 2.28. The van der Waals surface area contributed by atoms with Crippen molar-refractivity contribution in [3.05, 3.63) is 34.3 Å². The van der Waals surface area contributed by atoms with Crippen LogP contribution in [-0.2, 0) is 4.74 Å². The zero-order valence-corrected chi connectivity index (χ0v) is 13.8. The van der Waals surface area contributed by atoms with E-state index >= 15 is 0 Å². The maximum absolute atomic E-state index is 12.2. The third-order valence-corrected chi connectivity index (χ3v) is 3.94. The van der Waals surface area contributed by atoms with Gasteiger partial charge in [0.15, 0.2) is 0 Å². The summed E-state index contributed by atoms with van der Waals surface area (Å²) in [6, 6.07) is 6.02. The van der Waals surface area contributed by atoms with Gasteiger partial charge in [-0.3, -0.25) is 0 Å². The van der Waals surface area contributed by atoms with Gasteiger partial charge in [0.1, 0.15) is 5.60 Å². The Kier molecular flexibility index (Phi) is 4.79.